The van der Waals surface area contributed by atoms with E-state index in [1.165, 1.54) is 23.1 Å². The molecule has 1 fully saturated rings. The zero-order chi connectivity index (χ0) is 24.6. The molecule has 0 bridgehead atoms. The van der Waals surface area contributed by atoms with E-state index in [1.807, 2.05) is 37.3 Å². The fourth-order valence-electron chi connectivity index (χ4n) is 3.97. The second-order valence-electron chi connectivity index (χ2n) is 8.84. The van der Waals surface area contributed by atoms with Crippen molar-refractivity contribution < 1.29 is 14.7 Å². The molecule has 10 heteroatoms. The monoisotopic (exact) mass is 507 g/mol. The van der Waals surface area contributed by atoms with Crippen molar-refractivity contribution in [2.45, 2.75) is 49.1 Å². The topological polar surface area (TPSA) is 111 Å². The van der Waals surface area contributed by atoms with Crippen LogP contribution in [0.5, 0.6) is 0 Å². The molecule has 5 rings (SSSR count). The Morgan fingerprint density at radius 2 is 2.09 bits per heavy atom. The van der Waals surface area contributed by atoms with Gasteiger partial charge in [-0.25, -0.2) is 0 Å². The fourth-order valence-corrected chi connectivity index (χ4v) is 6.50. The molecule has 2 amide bonds. The zero-order valence-electron chi connectivity index (χ0n) is 19.4. The molecule has 3 heterocycles. The van der Waals surface area contributed by atoms with Crippen molar-refractivity contribution in [1.82, 2.24) is 20.5 Å². The normalized spacial score (nSPS) is 18.7. The van der Waals surface area contributed by atoms with E-state index in [1.54, 1.807) is 11.9 Å². The number of aromatic nitrogens is 3. The Bertz CT molecular complexity index is 1330. The van der Waals surface area contributed by atoms with Crippen molar-refractivity contribution in [1.29, 1.82) is 0 Å². The van der Waals surface area contributed by atoms with Crippen LogP contribution in [-0.2, 0) is 11.2 Å². The Morgan fingerprint density at radius 3 is 2.80 bits per heavy atom. The molecule has 0 spiro atoms. The summed E-state index contributed by atoms with van der Waals surface area (Å²) in [7, 11) is 1.71. The molecular formula is C25H25N5O3S2. The number of rotatable bonds is 4. The number of carbonyl (C=O) groups is 2. The highest BCUT2D eigenvalue weighted by molar-refractivity contribution is 7.99. The summed E-state index contributed by atoms with van der Waals surface area (Å²) >= 11 is 2.97. The van der Waals surface area contributed by atoms with Crippen LogP contribution in [-0.4, -0.2) is 56.5 Å². The van der Waals surface area contributed by atoms with Gasteiger partial charge in [-0.2, -0.15) is 0 Å². The molecule has 1 aliphatic heterocycles. The van der Waals surface area contributed by atoms with Crippen molar-refractivity contribution in [3.05, 3.63) is 58.0 Å². The minimum absolute atomic E-state index is 0.0815. The third kappa shape index (κ3) is 4.85. The third-order valence-corrected chi connectivity index (χ3v) is 8.96. The van der Waals surface area contributed by atoms with Gasteiger partial charge in [0.25, 0.3) is 11.8 Å². The molecule has 2 aliphatic rings. The van der Waals surface area contributed by atoms with Crippen molar-refractivity contribution in [2.75, 3.05) is 17.7 Å². The summed E-state index contributed by atoms with van der Waals surface area (Å²) in [6, 6.07) is 9.08. The molecular weight excluding hydrogens is 482 g/mol. The van der Waals surface area contributed by atoms with Gasteiger partial charge in [-0.05, 0) is 37.3 Å². The molecule has 180 valence electrons. The van der Waals surface area contributed by atoms with Crippen LogP contribution in [0, 0.1) is 18.8 Å². The summed E-state index contributed by atoms with van der Waals surface area (Å²) in [6.45, 7) is 1.98. The minimum atomic E-state index is -0.875. The van der Waals surface area contributed by atoms with E-state index < -0.39 is 17.6 Å². The summed E-state index contributed by atoms with van der Waals surface area (Å²) in [6.07, 6.45) is 2.94. The molecule has 3 aromatic rings. The Hall–Kier alpha value is -3.13. The molecule has 2 aromatic heterocycles. The number of thiophene rings is 1. The summed E-state index contributed by atoms with van der Waals surface area (Å²) < 4.78 is 0. The van der Waals surface area contributed by atoms with Crippen LogP contribution < -0.4 is 10.2 Å². The van der Waals surface area contributed by atoms with Crippen LogP contribution in [0.3, 0.4) is 0 Å². The number of H-pyrrole nitrogens is 1. The highest BCUT2D eigenvalue weighted by atomic mass is 32.2. The van der Waals surface area contributed by atoms with Gasteiger partial charge in [0, 0.05) is 24.1 Å². The Kier molecular flexibility index (Phi) is 6.40. The average Bonchev–Trinajstić information content (AvgIpc) is 3.40. The van der Waals surface area contributed by atoms with Gasteiger partial charge in [-0.15, -0.1) is 33.3 Å². The van der Waals surface area contributed by atoms with Gasteiger partial charge in [0.2, 0.25) is 5.82 Å². The van der Waals surface area contributed by atoms with Crippen molar-refractivity contribution in [3.63, 3.8) is 0 Å². The summed E-state index contributed by atoms with van der Waals surface area (Å²) in [5.41, 5.74) is 1.18. The first-order valence-electron chi connectivity index (χ1n) is 11.4. The maximum absolute atomic E-state index is 13.2. The molecule has 0 saturated heterocycles. The molecule has 0 radical (unpaired) electrons. The lowest BCUT2D eigenvalue weighted by molar-refractivity contribution is -0.119. The van der Waals surface area contributed by atoms with Crippen molar-refractivity contribution >= 4 is 39.9 Å². The fraction of sp³-hybridized carbons (Fsp3) is 0.360. The van der Waals surface area contributed by atoms with E-state index in [-0.39, 0.29) is 11.7 Å². The predicted octanol–water partition coefficient (Wildman–Crippen LogP) is 2.90. The van der Waals surface area contributed by atoms with Gasteiger partial charge in [-0.1, -0.05) is 42.2 Å². The summed E-state index contributed by atoms with van der Waals surface area (Å²) in [5.74, 6) is 6.52. The minimum Gasteiger partial charge on any atom is -0.378 e. The number of anilines is 1. The van der Waals surface area contributed by atoms with E-state index in [4.69, 9.17) is 0 Å². The quantitative estimate of drug-likeness (QED) is 0.469. The summed E-state index contributed by atoms with van der Waals surface area (Å²) in [5, 5.41) is 22.0. The molecule has 35 heavy (non-hydrogen) atoms. The SMILES string of the molecule is Cc1c(C#CC2(O)CCC2)sc2c1SC[C@H](NC(=O)c1nnc(Cc3ccccc3)[nH]1)C(=O)N2C. The van der Waals surface area contributed by atoms with Gasteiger partial charge < -0.3 is 20.3 Å². The van der Waals surface area contributed by atoms with Crippen LogP contribution in [0.1, 0.15) is 51.7 Å². The van der Waals surface area contributed by atoms with Crippen molar-refractivity contribution in [3.8, 4) is 11.8 Å². The standard InChI is InChI=1S/C25H25N5O3S2/c1-15-18(9-12-25(33)10-6-11-25)35-24-20(15)34-14-17(23(32)30(24)2)26-22(31)21-27-19(28-29-21)13-16-7-4-3-5-8-16/h3-5,7-8,17,33H,6,10-11,13-14H2,1-2H3,(H,26,31)(H,27,28,29)/t17-/m0/s1. The molecule has 3 N–H and O–H groups in total. The number of amides is 2. The maximum atomic E-state index is 13.2. The zero-order valence-corrected chi connectivity index (χ0v) is 21.1. The predicted molar refractivity (Wildman–Crippen MR) is 136 cm³/mol. The van der Waals surface area contributed by atoms with Crippen LogP contribution in [0.2, 0.25) is 0 Å². The van der Waals surface area contributed by atoms with Gasteiger partial charge in [0.1, 0.15) is 22.5 Å². The number of thioether (sulfide) groups is 1. The van der Waals surface area contributed by atoms with Crippen LogP contribution in [0.4, 0.5) is 5.00 Å². The highest BCUT2D eigenvalue weighted by Gasteiger charge is 2.34. The third-order valence-electron chi connectivity index (χ3n) is 6.26. The molecule has 1 aromatic carbocycles. The van der Waals surface area contributed by atoms with Crippen molar-refractivity contribution in [2.24, 2.45) is 0 Å². The first-order chi connectivity index (χ1) is 16.8. The largest absolute Gasteiger partial charge is 0.378 e. The van der Waals surface area contributed by atoms with Gasteiger partial charge in [-0.3, -0.25) is 9.59 Å². The number of likely N-dealkylation sites (N-methyl/N-ethyl adjacent to an activating group) is 1. The molecule has 0 unspecified atom stereocenters. The lowest BCUT2D eigenvalue weighted by Gasteiger charge is -2.30. The number of nitrogens with zero attached hydrogens (tertiary/aromatic N) is 3. The number of carbonyl (C=O) groups excluding carboxylic acids is 2. The number of fused-ring (bicyclic) bond motifs is 1. The van der Waals surface area contributed by atoms with E-state index in [2.05, 4.69) is 32.3 Å². The lowest BCUT2D eigenvalue weighted by Crippen LogP contribution is -2.48. The number of benzene rings is 1. The number of hydrogen-bond donors (Lipinski definition) is 3. The molecule has 1 saturated carbocycles. The molecule has 8 nitrogen and oxygen atoms in total. The molecule has 1 atom stereocenters. The van der Waals surface area contributed by atoms with Gasteiger partial charge in [0.15, 0.2) is 0 Å². The lowest BCUT2D eigenvalue weighted by atomic mass is 9.81. The Balaban J connectivity index is 1.27. The second kappa shape index (κ2) is 9.49. The number of aromatic amines is 1. The first kappa shape index (κ1) is 23.6. The number of nitrogens with one attached hydrogen (secondary N) is 2. The first-order valence-corrected chi connectivity index (χ1v) is 13.2. The van der Waals surface area contributed by atoms with E-state index in [0.29, 0.717) is 30.8 Å². The second-order valence-corrected chi connectivity index (χ2v) is 10.9. The number of aliphatic hydroxyl groups is 1. The summed E-state index contributed by atoms with van der Waals surface area (Å²) in [4.78, 5) is 32.4. The average molecular weight is 508 g/mol. The smallest absolute Gasteiger partial charge is 0.289 e. The van der Waals surface area contributed by atoms with Crippen LogP contribution in [0.15, 0.2) is 35.2 Å². The van der Waals surface area contributed by atoms with Crippen LogP contribution >= 0.6 is 23.1 Å². The Labute approximate surface area is 211 Å². The van der Waals surface area contributed by atoms with E-state index in [0.717, 1.165) is 32.3 Å². The number of hydrogen-bond acceptors (Lipinski definition) is 7. The Morgan fingerprint density at radius 1 is 1.31 bits per heavy atom. The maximum Gasteiger partial charge on any atom is 0.289 e. The van der Waals surface area contributed by atoms with Gasteiger partial charge in [0.05, 0.1) is 4.88 Å². The highest BCUT2D eigenvalue weighted by Crippen LogP contribution is 2.44. The molecule has 1 aliphatic carbocycles. The van der Waals surface area contributed by atoms with Gasteiger partial charge >= 0.3 is 0 Å². The van der Waals surface area contributed by atoms with E-state index >= 15 is 0 Å². The van der Waals surface area contributed by atoms with E-state index in [9.17, 15) is 14.7 Å². The van der Waals surface area contributed by atoms with Crippen LogP contribution in [0.25, 0.3) is 0 Å².